The fourth-order valence-electron chi connectivity index (χ4n) is 5.14. The van der Waals surface area contributed by atoms with Gasteiger partial charge < -0.3 is 15.5 Å². The van der Waals surface area contributed by atoms with Crippen molar-refractivity contribution in [2.24, 2.45) is 0 Å². The number of nitrogens with one attached hydrogen (secondary N) is 2. The second-order valence-corrected chi connectivity index (χ2v) is 9.86. The fraction of sp³-hybridized carbons (Fsp3) is 0.379. The van der Waals surface area contributed by atoms with E-state index >= 15 is 0 Å². The molecule has 2 N–H and O–H groups in total. The number of pyridine rings is 1. The highest BCUT2D eigenvalue weighted by Gasteiger charge is 2.31. The number of anilines is 3. The first-order valence-corrected chi connectivity index (χ1v) is 13.4. The molecule has 0 spiro atoms. The summed E-state index contributed by atoms with van der Waals surface area (Å²) in [6, 6.07) is 16.2. The van der Waals surface area contributed by atoms with Crippen LogP contribution < -0.4 is 20.4 Å². The first-order valence-electron chi connectivity index (χ1n) is 13.4. The third-order valence-corrected chi connectivity index (χ3v) is 7.17. The summed E-state index contributed by atoms with van der Waals surface area (Å²) < 4.78 is 40.0. The van der Waals surface area contributed by atoms with Gasteiger partial charge in [0.1, 0.15) is 0 Å². The van der Waals surface area contributed by atoms with Crippen molar-refractivity contribution in [3.8, 4) is 11.3 Å². The summed E-state index contributed by atoms with van der Waals surface area (Å²) in [6.45, 7) is 8.65. The van der Waals surface area contributed by atoms with Gasteiger partial charge in [0.2, 0.25) is 0 Å². The Bertz CT molecular complexity index is 1310. The van der Waals surface area contributed by atoms with Crippen LogP contribution in [0.15, 0.2) is 60.7 Å². The van der Waals surface area contributed by atoms with Gasteiger partial charge in [0.15, 0.2) is 5.82 Å². The monoisotopic (exact) mass is 538 g/mol. The zero-order valence-electron chi connectivity index (χ0n) is 22.0. The molecule has 0 unspecified atom stereocenters. The number of fused-ring (bicyclic) bond motifs is 1. The minimum atomic E-state index is -4.45. The Labute approximate surface area is 226 Å². The minimum Gasteiger partial charge on any atom is -0.369 e. The van der Waals surface area contributed by atoms with E-state index in [9.17, 15) is 18.0 Å². The van der Waals surface area contributed by atoms with Gasteiger partial charge in [-0.25, -0.2) is 9.78 Å². The molecule has 3 aromatic rings. The van der Waals surface area contributed by atoms with Crippen molar-refractivity contribution in [3.05, 3.63) is 71.8 Å². The van der Waals surface area contributed by atoms with E-state index < -0.39 is 11.7 Å². The maximum absolute atomic E-state index is 13.6. The van der Waals surface area contributed by atoms with Crippen LogP contribution in [0.4, 0.5) is 35.2 Å². The van der Waals surface area contributed by atoms with Gasteiger partial charge in [-0.15, -0.1) is 0 Å². The largest absolute Gasteiger partial charge is 0.416 e. The molecule has 10 heteroatoms. The Morgan fingerprint density at radius 2 is 1.79 bits per heavy atom. The highest BCUT2D eigenvalue weighted by Crippen LogP contribution is 2.36. The normalized spacial score (nSPS) is 16.5. The minimum absolute atomic E-state index is 0.317. The fourth-order valence-corrected chi connectivity index (χ4v) is 5.14. The molecule has 2 aromatic carbocycles. The van der Waals surface area contributed by atoms with E-state index in [0.717, 1.165) is 75.6 Å². The number of hydrogen-bond acceptors (Lipinski definition) is 5. The number of carbonyl (C=O) groups is 1. The van der Waals surface area contributed by atoms with Crippen LogP contribution >= 0.6 is 0 Å². The molecule has 1 aromatic heterocycles. The number of carbonyl (C=O) groups excluding carboxylic acids is 1. The first kappa shape index (κ1) is 27.0. The molecule has 1 fully saturated rings. The van der Waals surface area contributed by atoms with Gasteiger partial charge >= 0.3 is 12.2 Å². The highest BCUT2D eigenvalue weighted by atomic mass is 19.4. The van der Waals surface area contributed by atoms with Crippen molar-refractivity contribution in [2.75, 3.05) is 60.9 Å². The number of nitrogens with zero attached hydrogens (tertiary/aromatic N) is 4. The molecular weight excluding hydrogens is 505 g/mol. The second-order valence-electron chi connectivity index (χ2n) is 9.86. The predicted octanol–water partition coefficient (Wildman–Crippen LogP) is 5.44. The lowest BCUT2D eigenvalue weighted by atomic mass is 10.1. The first-order chi connectivity index (χ1) is 18.8. The van der Waals surface area contributed by atoms with Crippen LogP contribution in [0.3, 0.4) is 0 Å². The summed E-state index contributed by atoms with van der Waals surface area (Å²) in [5, 5.41) is 6.38. The topological polar surface area (TPSA) is 63.7 Å². The third kappa shape index (κ3) is 6.34. The van der Waals surface area contributed by atoms with Crippen LogP contribution in [0.5, 0.6) is 0 Å². The standard InChI is InChI=1S/C29H33F3N6O/c1-2-37-14-5-15-38(28(39)34-24-9-3-6-21(18-24)20-36-16-12-33-13-17-36)27-26(37)11-10-25(35-27)22-7-4-8-23(19-22)29(30,31)32/h3-4,6-11,18-19,33H,2,5,12-17,20H2,1H3,(H,34,39). The summed E-state index contributed by atoms with van der Waals surface area (Å²) in [6.07, 6.45) is -3.72. The number of halogens is 3. The average Bonchev–Trinajstić information content (AvgIpc) is 3.12. The average molecular weight is 539 g/mol. The van der Waals surface area contributed by atoms with Crippen LogP contribution in [-0.4, -0.2) is 61.7 Å². The molecule has 39 heavy (non-hydrogen) atoms. The van der Waals surface area contributed by atoms with E-state index in [1.807, 2.05) is 31.2 Å². The number of rotatable bonds is 5. The Balaban J connectivity index is 1.42. The van der Waals surface area contributed by atoms with Gasteiger partial charge in [0.05, 0.1) is 16.9 Å². The van der Waals surface area contributed by atoms with Crippen molar-refractivity contribution < 1.29 is 18.0 Å². The van der Waals surface area contributed by atoms with Crippen molar-refractivity contribution in [2.45, 2.75) is 26.1 Å². The van der Waals surface area contributed by atoms with E-state index in [1.54, 1.807) is 17.0 Å². The lowest BCUT2D eigenvalue weighted by Gasteiger charge is -2.27. The molecule has 0 bridgehead atoms. The predicted molar refractivity (Wildman–Crippen MR) is 148 cm³/mol. The molecule has 5 rings (SSSR count). The Morgan fingerprint density at radius 3 is 2.56 bits per heavy atom. The summed E-state index contributed by atoms with van der Waals surface area (Å²) in [7, 11) is 0. The summed E-state index contributed by atoms with van der Waals surface area (Å²) in [4.78, 5) is 24.5. The lowest BCUT2D eigenvalue weighted by Crippen LogP contribution is -2.42. The molecule has 0 saturated carbocycles. The molecule has 3 heterocycles. The van der Waals surface area contributed by atoms with Crippen LogP contribution in [0.25, 0.3) is 11.3 Å². The van der Waals surface area contributed by atoms with Crippen molar-refractivity contribution in [3.63, 3.8) is 0 Å². The number of aromatic nitrogens is 1. The molecule has 7 nitrogen and oxygen atoms in total. The van der Waals surface area contributed by atoms with Crippen molar-refractivity contribution in [1.29, 1.82) is 0 Å². The maximum atomic E-state index is 13.6. The number of amides is 2. The van der Waals surface area contributed by atoms with E-state index in [1.165, 1.54) is 6.07 Å². The number of urea groups is 1. The van der Waals surface area contributed by atoms with E-state index in [-0.39, 0.29) is 6.03 Å². The number of benzene rings is 2. The van der Waals surface area contributed by atoms with Gasteiger partial charge in [-0.2, -0.15) is 13.2 Å². The smallest absolute Gasteiger partial charge is 0.369 e. The van der Waals surface area contributed by atoms with E-state index in [0.29, 0.717) is 29.3 Å². The Hall–Kier alpha value is -3.63. The molecule has 2 amide bonds. The molecule has 1 saturated heterocycles. The molecule has 206 valence electrons. The SMILES string of the molecule is CCN1CCCN(C(=O)Nc2cccc(CN3CCNCC3)c2)c2nc(-c3cccc(C(F)(F)F)c3)ccc21. The van der Waals surface area contributed by atoms with Gasteiger partial charge in [-0.05, 0) is 55.3 Å². The molecule has 0 atom stereocenters. The molecule has 2 aliphatic heterocycles. The van der Waals surface area contributed by atoms with Gasteiger partial charge in [0.25, 0.3) is 0 Å². The number of alkyl halides is 3. The number of hydrogen-bond donors (Lipinski definition) is 2. The van der Waals surface area contributed by atoms with Crippen LogP contribution in [-0.2, 0) is 12.7 Å². The quantitative estimate of drug-likeness (QED) is 0.453. The summed E-state index contributed by atoms with van der Waals surface area (Å²) >= 11 is 0. The van der Waals surface area contributed by atoms with Crippen LogP contribution in [0.2, 0.25) is 0 Å². The second kappa shape index (κ2) is 11.6. The zero-order chi connectivity index (χ0) is 27.4. The van der Waals surface area contributed by atoms with Crippen LogP contribution in [0.1, 0.15) is 24.5 Å². The maximum Gasteiger partial charge on any atom is 0.416 e. The Kier molecular flexibility index (Phi) is 8.04. The summed E-state index contributed by atoms with van der Waals surface area (Å²) in [5.74, 6) is 0.443. The van der Waals surface area contributed by atoms with Crippen molar-refractivity contribution >= 4 is 23.2 Å². The van der Waals surface area contributed by atoms with Gasteiger partial charge in [0, 0.05) is 63.6 Å². The van der Waals surface area contributed by atoms with Gasteiger partial charge in [-0.1, -0.05) is 24.3 Å². The molecule has 0 radical (unpaired) electrons. The zero-order valence-corrected chi connectivity index (χ0v) is 22.0. The molecule has 2 aliphatic rings. The molecule has 0 aliphatic carbocycles. The lowest BCUT2D eigenvalue weighted by molar-refractivity contribution is -0.137. The van der Waals surface area contributed by atoms with E-state index in [2.05, 4.69) is 26.5 Å². The van der Waals surface area contributed by atoms with Gasteiger partial charge in [-0.3, -0.25) is 9.80 Å². The van der Waals surface area contributed by atoms with Crippen molar-refractivity contribution in [1.82, 2.24) is 15.2 Å². The summed E-state index contributed by atoms with van der Waals surface area (Å²) in [5.41, 5.74) is 2.60. The van der Waals surface area contributed by atoms with E-state index in [4.69, 9.17) is 4.98 Å². The highest BCUT2D eigenvalue weighted by molar-refractivity contribution is 6.03. The Morgan fingerprint density at radius 1 is 1.00 bits per heavy atom. The third-order valence-electron chi connectivity index (χ3n) is 7.17. The van der Waals surface area contributed by atoms with Crippen LogP contribution in [0, 0.1) is 0 Å². The molecular formula is C29H33F3N6O. The number of piperazine rings is 1.